The van der Waals surface area contributed by atoms with E-state index < -0.39 is 6.10 Å². The average Bonchev–Trinajstić information content (AvgIpc) is 2.43. The second-order valence-electron chi connectivity index (χ2n) is 3.76. The van der Waals surface area contributed by atoms with Crippen LogP contribution < -0.4 is 20.5 Å². The van der Waals surface area contributed by atoms with Crippen LogP contribution in [0.4, 0.5) is 0 Å². The summed E-state index contributed by atoms with van der Waals surface area (Å²) in [5.74, 6) is 0.738. The van der Waals surface area contributed by atoms with Crippen LogP contribution in [0.5, 0.6) is 11.5 Å². The van der Waals surface area contributed by atoms with Gasteiger partial charge in [0, 0.05) is 12.1 Å². The standard InChI is InChI=1S/C12H17BrN2O4/c1-18-7-3-8(12(19-2)9(13)4-7)10(16)6-15-11(17)5-14/h3-4,10,16H,5-6,14H2,1-2H3,(H,15,17). The fourth-order valence-electron chi connectivity index (χ4n) is 1.56. The fourth-order valence-corrected chi connectivity index (χ4v) is 2.18. The number of halogens is 1. The van der Waals surface area contributed by atoms with Crippen molar-refractivity contribution in [3.05, 3.63) is 22.2 Å². The number of ether oxygens (including phenoxy) is 2. The number of hydrogen-bond acceptors (Lipinski definition) is 5. The lowest BCUT2D eigenvalue weighted by Gasteiger charge is -2.17. The Morgan fingerprint density at radius 2 is 2.16 bits per heavy atom. The lowest BCUT2D eigenvalue weighted by Crippen LogP contribution is -2.33. The lowest BCUT2D eigenvalue weighted by molar-refractivity contribution is -0.120. The van der Waals surface area contributed by atoms with Gasteiger partial charge in [0.05, 0.1) is 25.2 Å². The van der Waals surface area contributed by atoms with E-state index in [2.05, 4.69) is 21.2 Å². The van der Waals surface area contributed by atoms with Crippen molar-refractivity contribution in [3.8, 4) is 11.5 Å². The summed E-state index contributed by atoms with van der Waals surface area (Å²) in [6.45, 7) is -0.0718. The first-order valence-corrected chi connectivity index (χ1v) is 6.39. The van der Waals surface area contributed by atoms with Crippen molar-refractivity contribution in [1.29, 1.82) is 0 Å². The second-order valence-corrected chi connectivity index (χ2v) is 4.61. The fraction of sp³-hybridized carbons (Fsp3) is 0.417. The van der Waals surface area contributed by atoms with Gasteiger partial charge in [-0.1, -0.05) is 0 Å². The molecule has 0 heterocycles. The molecule has 0 radical (unpaired) electrons. The van der Waals surface area contributed by atoms with Gasteiger partial charge in [0.15, 0.2) is 0 Å². The number of nitrogens with one attached hydrogen (secondary N) is 1. The molecule has 0 aliphatic rings. The van der Waals surface area contributed by atoms with Gasteiger partial charge in [-0.3, -0.25) is 4.79 Å². The summed E-state index contributed by atoms with van der Waals surface area (Å²) in [7, 11) is 3.03. The molecule has 1 unspecified atom stereocenters. The Kier molecular flexibility index (Phi) is 6.07. The van der Waals surface area contributed by atoms with E-state index in [0.717, 1.165) is 0 Å². The smallest absolute Gasteiger partial charge is 0.233 e. The van der Waals surface area contributed by atoms with Crippen LogP contribution >= 0.6 is 15.9 Å². The average molecular weight is 333 g/mol. The zero-order chi connectivity index (χ0) is 14.4. The minimum absolute atomic E-state index is 0.0476. The molecule has 0 fully saturated rings. The maximum absolute atomic E-state index is 11.1. The highest BCUT2D eigenvalue weighted by Crippen LogP contribution is 2.36. The number of nitrogens with two attached hydrogens (primary N) is 1. The molecular formula is C12H17BrN2O4. The third-order valence-corrected chi connectivity index (χ3v) is 3.11. The Morgan fingerprint density at radius 1 is 1.47 bits per heavy atom. The number of hydrogen-bond donors (Lipinski definition) is 3. The Balaban J connectivity index is 2.96. The van der Waals surface area contributed by atoms with Crippen molar-refractivity contribution in [2.24, 2.45) is 5.73 Å². The molecule has 1 atom stereocenters. The van der Waals surface area contributed by atoms with Gasteiger partial charge in [-0.05, 0) is 28.1 Å². The topological polar surface area (TPSA) is 93.8 Å². The normalized spacial score (nSPS) is 11.8. The van der Waals surface area contributed by atoms with Crippen LogP contribution in [-0.2, 0) is 4.79 Å². The van der Waals surface area contributed by atoms with Gasteiger partial charge in [0.2, 0.25) is 5.91 Å². The minimum Gasteiger partial charge on any atom is -0.497 e. The van der Waals surface area contributed by atoms with E-state index >= 15 is 0 Å². The Morgan fingerprint density at radius 3 is 2.68 bits per heavy atom. The lowest BCUT2D eigenvalue weighted by atomic mass is 10.1. The summed E-state index contributed by atoms with van der Waals surface area (Å²) < 4.78 is 11.0. The van der Waals surface area contributed by atoms with Crippen LogP contribution in [0.15, 0.2) is 16.6 Å². The van der Waals surface area contributed by atoms with Gasteiger partial charge >= 0.3 is 0 Å². The molecule has 106 valence electrons. The third kappa shape index (κ3) is 4.09. The molecule has 0 saturated heterocycles. The van der Waals surface area contributed by atoms with Gasteiger partial charge in [-0.15, -0.1) is 0 Å². The highest BCUT2D eigenvalue weighted by atomic mass is 79.9. The van der Waals surface area contributed by atoms with E-state index in [1.807, 2.05) is 0 Å². The molecule has 0 spiro atoms. The molecule has 1 rings (SSSR count). The maximum atomic E-state index is 11.1. The van der Waals surface area contributed by atoms with Gasteiger partial charge in [0.25, 0.3) is 0 Å². The van der Waals surface area contributed by atoms with E-state index in [4.69, 9.17) is 15.2 Å². The third-order valence-electron chi connectivity index (χ3n) is 2.52. The van der Waals surface area contributed by atoms with E-state index in [9.17, 15) is 9.90 Å². The van der Waals surface area contributed by atoms with E-state index in [-0.39, 0.29) is 19.0 Å². The first-order valence-electron chi connectivity index (χ1n) is 5.59. The Labute approximate surface area is 120 Å². The van der Waals surface area contributed by atoms with Gasteiger partial charge in [-0.2, -0.15) is 0 Å². The number of methoxy groups -OCH3 is 2. The first kappa shape index (κ1) is 15.7. The molecule has 1 aromatic rings. The Hall–Kier alpha value is -1.31. The van der Waals surface area contributed by atoms with Gasteiger partial charge in [0.1, 0.15) is 17.6 Å². The minimum atomic E-state index is -0.920. The summed E-state index contributed by atoms with van der Waals surface area (Å²) >= 11 is 3.34. The molecule has 1 amide bonds. The zero-order valence-corrected chi connectivity index (χ0v) is 12.4. The number of rotatable bonds is 6. The number of aliphatic hydroxyl groups excluding tert-OH is 1. The highest BCUT2D eigenvalue weighted by molar-refractivity contribution is 9.10. The molecule has 1 aromatic carbocycles. The molecule has 0 bridgehead atoms. The summed E-state index contributed by atoms with van der Waals surface area (Å²) in [5.41, 5.74) is 5.70. The monoisotopic (exact) mass is 332 g/mol. The molecule has 0 aliphatic carbocycles. The zero-order valence-electron chi connectivity index (χ0n) is 10.8. The molecule has 4 N–H and O–H groups in total. The van der Waals surface area contributed by atoms with Crippen molar-refractivity contribution in [2.75, 3.05) is 27.3 Å². The van der Waals surface area contributed by atoms with Crippen LogP contribution in [0.1, 0.15) is 11.7 Å². The predicted molar refractivity (Wildman–Crippen MR) is 74.3 cm³/mol. The van der Waals surface area contributed by atoms with Crippen LogP contribution in [0.2, 0.25) is 0 Å². The first-order chi connectivity index (χ1) is 9.03. The van der Waals surface area contributed by atoms with Crippen molar-refractivity contribution in [1.82, 2.24) is 5.32 Å². The summed E-state index contributed by atoms with van der Waals surface area (Å²) in [5, 5.41) is 12.6. The highest BCUT2D eigenvalue weighted by Gasteiger charge is 2.18. The number of amides is 1. The molecule has 0 aromatic heterocycles. The number of carbonyl (C=O) groups is 1. The second kappa shape index (κ2) is 7.32. The van der Waals surface area contributed by atoms with Gasteiger partial charge < -0.3 is 25.6 Å². The van der Waals surface area contributed by atoms with Crippen molar-refractivity contribution in [2.45, 2.75) is 6.10 Å². The summed E-state index contributed by atoms with van der Waals surface area (Å²) in [6.07, 6.45) is -0.920. The van der Waals surface area contributed by atoms with Crippen LogP contribution in [0.25, 0.3) is 0 Å². The van der Waals surface area contributed by atoms with Crippen LogP contribution in [0.3, 0.4) is 0 Å². The SMILES string of the molecule is COc1cc(Br)c(OC)c(C(O)CNC(=O)CN)c1. The van der Waals surface area contributed by atoms with Crippen LogP contribution in [-0.4, -0.2) is 38.3 Å². The molecule has 19 heavy (non-hydrogen) atoms. The summed E-state index contributed by atoms with van der Waals surface area (Å²) in [6, 6.07) is 3.39. The molecular weight excluding hydrogens is 316 g/mol. The van der Waals surface area contributed by atoms with Crippen molar-refractivity contribution >= 4 is 21.8 Å². The Bertz CT molecular complexity index is 454. The maximum Gasteiger partial charge on any atom is 0.233 e. The largest absolute Gasteiger partial charge is 0.497 e. The number of aliphatic hydroxyl groups is 1. The summed E-state index contributed by atoms with van der Waals surface area (Å²) in [4.78, 5) is 11.1. The predicted octanol–water partition coefficient (Wildman–Crippen LogP) is 0.575. The van der Waals surface area contributed by atoms with Crippen LogP contribution in [0, 0.1) is 0 Å². The number of benzene rings is 1. The van der Waals surface area contributed by atoms with Crippen molar-refractivity contribution in [3.63, 3.8) is 0 Å². The number of carbonyl (C=O) groups excluding carboxylic acids is 1. The quantitative estimate of drug-likeness (QED) is 0.708. The van der Waals surface area contributed by atoms with E-state index in [1.54, 1.807) is 12.1 Å². The van der Waals surface area contributed by atoms with E-state index in [0.29, 0.717) is 21.5 Å². The molecule has 0 saturated carbocycles. The molecule has 7 heteroatoms. The molecule has 6 nitrogen and oxygen atoms in total. The van der Waals surface area contributed by atoms with Gasteiger partial charge in [-0.25, -0.2) is 0 Å². The molecule has 0 aliphatic heterocycles. The van der Waals surface area contributed by atoms with E-state index in [1.165, 1.54) is 14.2 Å². The van der Waals surface area contributed by atoms with Crippen molar-refractivity contribution < 1.29 is 19.4 Å².